The molecule has 0 N–H and O–H groups in total. The Kier molecular flexibility index (Phi) is 4.81. The van der Waals surface area contributed by atoms with E-state index in [1.807, 2.05) is 26.8 Å². The van der Waals surface area contributed by atoms with E-state index in [1.54, 1.807) is 11.1 Å². The van der Waals surface area contributed by atoms with Gasteiger partial charge in [-0.25, -0.2) is 9.78 Å². The minimum absolute atomic E-state index is 0.224. The quantitative estimate of drug-likeness (QED) is 0.835. The van der Waals surface area contributed by atoms with Gasteiger partial charge in [0, 0.05) is 23.8 Å². The van der Waals surface area contributed by atoms with E-state index in [9.17, 15) is 4.79 Å². The monoisotopic (exact) mass is 331 g/mol. The van der Waals surface area contributed by atoms with Crippen LogP contribution in [0.2, 0.25) is 0 Å². The molecule has 5 nitrogen and oxygen atoms in total. The average molecular weight is 331 g/mol. The van der Waals surface area contributed by atoms with E-state index < -0.39 is 5.60 Å². The van der Waals surface area contributed by atoms with Crippen LogP contribution in [0, 0.1) is 0 Å². The van der Waals surface area contributed by atoms with Gasteiger partial charge in [0.15, 0.2) is 0 Å². The summed E-state index contributed by atoms with van der Waals surface area (Å²) in [6.45, 7) is 6.81. The molecule has 1 amide bonds. The Morgan fingerprint density at radius 3 is 2.67 bits per heavy atom. The lowest BCUT2D eigenvalue weighted by Crippen LogP contribution is -2.40. The smallest absolute Gasteiger partial charge is 0.416 e. The highest BCUT2D eigenvalue weighted by Crippen LogP contribution is 2.39. The topological polar surface area (TPSA) is 45.7 Å². The highest BCUT2D eigenvalue weighted by Gasteiger charge is 2.39. The number of anilines is 1. The number of carbonyl (C=O) groups is 1. The van der Waals surface area contributed by atoms with Crippen LogP contribution >= 0.6 is 0 Å². The van der Waals surface area contributed by atoms with E-state index in [1.165, 1.54) is 12.8 Å². The maximum absolute atomic E-state index is 12.8. The minimum Gasteiger partial charge on any atom is -0.443 e. The van der Waals surface area contributed by atoms with Gasteiger partial charge in [-0.3, -0.25) is 9.80 Å². The largest absolute Gasteiger partial charge is 0.443 e. The Labute approximate surface area is 145 Å². The molecule has 1 aliphatic heterocycles. The van der Waals surface area contributed by atoms with Crippen molar-refractivity contribution in [2.45, 2.75) is 70.6 Å². The normalized spacial score (nSPS) is 22.2. The van der Waals surface area contributed by atoms with Crippen LogP contribution in [0.3, 0.4) is 0 Å². The average Bonchev–Trinajstić information content (AvgIpc) is 3.32. The Morgan fingerprint density at radius 2 is 2.04 bits per heavy atom. The molecule has 5 heteroatoms. The van der Waals surface area contributed by atoms with Crippen LogP contribution in [-0.4, -0.2) is 41.2 Å². The summed E-state index contributed by atoms with van der Waals surface area (Å²) >= 11 is 0. The van der Waals surface area contributed by atoms with Crippen LogP contribution < -0.4 is 4.90 Å². The summed E-state index contributed by atoms with van der Waals surface area (Å²) in [5, 5.41) is 0. The van der Waals surface area contributed by atoms with Gasteiger partial charge in [-0.15, -0.1) is 0 Å². The molecule has 0 bridgehead atoms. The fourth-order valence-corrected chi connectivity index (χ4v) is 3.39. The summed E-state index contributed by atoms with van der Waals surface area (Å²) in [5.74, 6) is 0.785. The van der Waals surface area contributed by atoms with Crippen LogP contribution in [0.25, 0.3) is 0 Å². The molecule has 24 heavy (non-hydrogen) atoms. The maximum atomic E-state index is 12.8. The van der Waals surface area contributed by atoms with Gasteiger partial charge in [-0.05, 0) is 66.1 Å². The number of piperidine rings is 1. The van der Waals surface area contributed by atoms with E-state index in [0.717, 1.165) is 37.2 Å². The van der Waals surface area contributed by atoms with Gasteiger partial charge < -0.3 is 4.74 Å². The second-order valence-corrected chi connectivity index (χ2v) is 7.99. The molecule has 3 rings (SSSR count). The van der Waals surface area contributed by atoms with Crippen molar-refractivity contribution >= 4 is 11.9 Å². The third-order valence-corrected chi connectivity index (χ3v) is 4.68. The summed E-state index contributed by atoms with van der Waals surface area (Å²) in [6.07, 6.45) is 7.12. The number of rotatable bonds is 3. The first kappa shape index (κ1) is 17.2. The van der Waals surface area contributed by atoms with Crippen molar-refractivity contribution in [3.63, 3.8) is 0 Å². The molecule has 1 aliphatic carbocycles. The first-order valence-electron chi connectivity index (χ1n) is 9.04. The molecule has 2 aliphatic rings. The predicted molar refractivity (Wildman–Crippen MR) is 95.2 cm³/mol. The van der Waals surface area contributed by atoms with Crippen molar-refractivity contribution < 1.29 is 9.53 Å². The van der Waals surface area contributed by atoms with Crippen LogP contribution in [0.4, 0.5) is 10.6 Å². The molecule has 132 valence electrons. The van der Waals surface area contributed by atoms with E-state index in [2.05, 4.69) is 23.0 Å². The molecule has 1 atom stereocenters. The molecule has 0 spiro atoms. The summed E-state index contributed by atoms with van der Waals surface area (Å²) < 4.78 is 5.66. The van der Waals surface area contributed by atoms with Crippen molar-refractivity contribution in [2.24, 2.45) is 0 Å². The lowest BCUT2D eigenvalue weighted by Gasteiger charge is -2.35. The number of carbonyl (C=O) groups excluding carboxylic acids is 1. The van der Waals surface area contributed by atoms with Crippen LogP contribution in [-0.2, 0) is 4.74 Å². The molecular formula is C19H29N3O2. The Balaban J connectivity index is 1.92. The zero-order valence-electron chi connectivity index (χ0n) is 15.3. The number of hydrogen-bond donors (Lipinski definition) is 0. The predicted octanol–water partition coefficient (Wildman–Crippen LogP) is 4.14. The summed E-state index contributed by atoms with van der Waals surface area (Å²) in [4.78, 5) is 21.6. The molecule has 1 saturated heterocycles. The second-order valence-electron chi connectivity index (χ2n) is 7.99. The summed E-state index contributed by atoms with van der Waals surface area (Å²) in [7, 11) is 2.16. The number of amides is 1. The fraction of sp³-hybridized carbons (Fsp3) is 0.684. The van der Waals surface area contributed by atoms with E-state index in [-0.39, 0.29) is 12.1 Å². The SMILES string of the molecule is CN1CCCC[C@H]1c1cccnc1N(C(=O)OC(C)(C)C)C1CC1. The third kappa shape index (κ3) is 3.89. The third-order valence-electron chi connectivity index (χ3n) is 4.68. The lowest BCUT2D eigenvalue weighted by molar-refractivity contribution is 0.0575. The standard InChI is InChI=1S/C19H29N3O2/c1-19(2,3)24-18(23)22(14-10-11-14)17-15(8-7-12-20-17)16-9-5-6-13-21(16)4/h7-8,12,14,16H,5-6,9-11,13H2,1-4H3/t16-/m0/s1. The van der Waals surface area contributed by atoms with E-state index >= 15 is 0 Å². The number of pyridine rings is 1. The Bertz CT molecular complexity index is 593. The molecule has 1 aromatic rings. The molecule has 2 fully saturated rings. The molecule has 2 heterocycles. The molecule has 0 aromatic carbocycles. The Hall–Kier alpha value is -1.62. The highest BCUT2D eigenvalue weighted by molar-refractivity contribution is 5.89. The van der Waals surface area contributed by atoms with Crippen molar-refractivity contribution in [1.29, 1.82) is 0 Å². The number of hydrogen-bond acceptors (Lipinski definition) is 4. The Morgan fingerprint density at radius 1 is 1.29 bits per heavy atom. The van der Waals surface area contributed by atoms with E-state index in [0.29, 0.717) is 6.04 Å². The summed E-state index contributed by atoms with van der Waals surface area (Å²) in [5.41, 5.74) is 0.651. The molecule has 1 saturated carbocycles. The van der Waals surface area contributed by atoms with Gasteiger partial charge in [0.25, 0.3) is 0 Å². The fourth-order valence-electron chi connectivity index (χ4n) is 3.39. The van der Waals surface area contributed by atoms with Crippen LogP contribution in [0.15, 0.2) is 18.3 Å². The summed E-state index contributed by atoms with van der Waals surface area (Å²) in [6, 6.07) is 4.64. The van der Waals surface area contributed by atoms with Crippen molar-refractivity contribution in [3.8, 4) is 0 Å². The first-order valence-corrected chi connectivity index (χ1v) is 9.04. The van der Waals surface area contributed by atoms with Crippen LogP contribution in [0.1, 0.15) is 64.5 Å². The van der Waals surface area contributed by atoms with Gasteiger partial charge in [0.05, 0.1) is 0 Å². The van der Waals surface area contributed by atoms with E-state index in [4.69, 9.17) is 4.74 Å². The van der Waals surface area contributed by atoms with Gasteiger partial charge in [0.2, 0.25) is 0 Å². The highest BCUT2D eigenvalue weighted by atomic mass is 16.6. The van der Waals surface area contributed by atoms with Gasteiger partial charge in [-0.1, -0.05) is 12.5 Å². The van der Waals surface area contributed by atoms with Crippen molar-refractivity contribution in [2.75, 3.05) is 18.5 Å². The van der Waals surface area contributed by atoms with Gasteiger partial charge >= 0.3 is 6.09 Å². The number of aromatic nitrogens is 1. The zero-order chi connectivity index (χ0) is 17.3. The van der Waals surface area contributed by atoms with Crippen molar-refractivity contribution in [1.82, 2.24) is 9.88 Å². The molecule has 1 aromatic heterocycles. The van der Waals surface area contributed by atoms with Crippen LogP contribution in [0.5, 0.6) is 0 Å². The second kappa shape index (κ2) is 6.71. The maximum Gasteiger partial charge on any atom is 0.416 e. The molecule has 0 radical (unpaired) electrons. The van der Waals surface area contributed by atoms with Crippen molar-refractivity contribution in [3.05, 3.63) is 23.9 Å². The molecule has 0 unspecified atom stereocenters. The number of ether oxygens (including phenoxy) is 1. The molecular weight excluding hydrogens is 302 g/mol. The first-order chi connectivity index (χ1) is 11.4. The van der Waals surface area contributed by atoms with Gasteiger partial charge in [-0.2, -0.15) is 0 Å². The zero-order valence-corrected chi connectivity index (χ0v) is 15.3. The number of nitrogens with zero attached hydrogens (tertiary/aromatic N) is 3. The number of likely N-dealkylation sites (tertiary alicyclic amines) is 1. The van der Waals surface area contributed by atoms with Gasteiger partial charge in [0.1, 0.15) is 11.4 Å². The lowest BCUT2D eigenvalue weighted by atomic mass is 9.96. The minimum atomic E-state index is -0.499.